The zero-order valence-corrected chi connectivity index (χ0v) is 12.6. The number of carbonyl (C=O) groups excluding carboxylic acids is 1. The van der Waals surface area contributed by atoms with Crippen LogP contribution >= 0.6 is 23.2 Å². The molecule has 0 radical (unpaired) electrons. The van der Waals surface area contributed by atoms with E-state index in [4.69, 9.17) is 23.2 Å². The zero-order valence-electron chi connectivity index (χ0n) is 11.1. The summed E-state index contributed by atoms with van der Waals surface area (Å²) < 4.78 is 38.9. The molecule has 0 aliphatic carbocycles. The van der Waals surface area contributed by atoms with Crippen LogP contribution in [0.25, 0.3) is 6.08 Å². The molecule has 1 aromatic carbocycles. The van der Waals surface area contributed by atoms with Gasteiger partial charge in [-0.2, -0.15) is 13.2 Å². The molecule has 1 rings (SSSR count). The first-order valence-electron chi connectivity index (χ1n) is 5.64. The SMILES string of the molecule is CN(C)C(=O)C(O)(/C=C/c1ccc(Cl)c(Cl)c1)C(F)(F)F. The topological polar surface area (TPSA) is 40.5 Å². The summed E-state index contributed by atoms with van der Waals surface area (Å²) in [6, 6.07) is 4.11. The predicted octanol–water partition coefficient (Wildman–Crippen LogP) is 3.39. The van der Waals surface area contributed by atoms with E-state index >= 15 is 0 Å². The van der Waals surface area contributed by atoms with Gasteiger partial charge in [0.25, 0.3) is 11.5 Å². The van der Waals surface area contributed by atoms with Crippen molar-refractivity contribution >= 4 is 35.2 Å². The standard InChI is InChI=1S/C13H12Cl2F3NO2/c1-19(2)11(20)12(21,13(16,17)18)6-5-8-3-4-9(14)10(15)7-8/h3-7,21H,1-2H3/b6-5+. The Morgan fingerprint density at radius 2 is 1.81 bits per heavy atom. The van der Waals surface area contributed by atoms with E-state index in [0.29, 0.717) is 11.0 Å². The number of likely N-dealkylation sites (N-methyl/N-ethyl adjacent to an activating group) is 1. The highest BCUT2D eigenvalue weighted by atomic mass is 35.5. The maximum Gasteiger partial charge on any atom is 0.430 e. The van der Waals surface area contributed by atoms with Crippen LogP contribution in [0.15, 0.2) is 24.3 Å². The van der Waals surface area contributed by atoms with Crippen molar-refractivity contribution in [2.75, 3.05) is 14.1 Å². The van der Waals surface area contributed by atoms with Crippen molar-refractivity contribution in [1.29, 1.82) is 0 Å². The first-order chi connectivity index (χ1) is 9.49. The van der Waals surface area contributed by atoms with Crippen LogP contribution in [0.4, 0.5) is 13.2 Å². The summed E-state index contributed by atoms with van der Waals surface area (Å²) in [6.45, 7) is 0. The van der Waals surface area contributed by atoms with E-state index in [9.17, 15) is 23.1 Å². The van der Waals surface area contributed by atoms with Crippen LogP contribution in [0, 0.1) is 0 Å². The van der Waals surface area contributed by atoms with E-state index in [0.717, 1.165) is 20.2 Å². The van der Waals surface area contributed by atoms with E-state index in [2.05, 4.69) is 0 Å². The van der Waals surface area contributed by atoms with E-state index in [-0.39, 0.29) is 15.6 Å². The maximum atomic E-state index is 13.0. The Balaban J connectivity index is 3.21. The Labute approximate surface area is 129 Å². The fourth-order valence-corrected chi connectivity index (χ4v) is 1.77. The smallest absolute Gasteiger partial charge is 0.369 e. The Kier molecular flexibility index (Phi) is 5.30. The number of benzene rings is 1. The largest absolute Gasteiger partial charge is 0.430 e. The average Bonchev–Trinajstić information content (AvgIpc) is 2.37. The van der Waals surface area contributed by atoms with Gasteiger partial charge < -0.3 is 10.0 Å². The minimum atomic E-state index is -5.15. The third kappa shape index (κ3) is 3.90. The molecule has 0 saturated carbocycles. The van der Waals surface area contributed by atoms with Crippen LogP contribution in [-0.2, 0) is 4.79 Å². The van der Waals surface area contributed by atoms with Crippen LogP contribution in [0.1, 0.15) is 5.56 Å². The summed E-state index contributed by atoms with van der Waals surface area (Å²) in [5, 5.41) is 10.1. The van der Waals surface area contributed by atoms with Crippen LogP contribution < -0.4 is 0 Å². The molecule has 21 heavy (non-hydrogen) atoms. The highest BCUT2D eigenvalue weighted by Crippen LogP contribution is 2.34. The molecule has 0 heterocycles. The van der Waals surface area contributed by atoms with Gasteiger partial charge in [0.15, 0.2) is 0 Å². The summed E-state index contributed by atoms with van der Waals surface area (Å²) in [7, 11) is 2.23. The number of rotatable bonds is 3. The van der Waals surface area contributed by atoms with Gasteiger partial charge in [0.1, 0.15) is 0 Å². The number of halogens is 5. The number of aliphatic hydroxyl groups is 1. The molecule has 0 bridgehead atoms. The number of nitrogens with zero attached hydrogens (tertiary/aromatic N) is 1. The number of hydrogen-bond donors (Lipinski definition) is 1. The molecule has 0 aliphatic rings. The van der Waals surface area contributed by atoms with Gasteiger partial charge in [-0.15, -0.1) is 0 Å². The Morgan fingerprint density at radius 1 is 1.24 bits per heavy atom. The molecule has 0 spiro atoms. The second kappa shape index (κ2) is 6.25. The van der Waals surface area contributed by atoms with Crippen molar-refractivity contribution in [2.45, 2.75) is 11.8 Å². The lowest BCUT2D eigenvalue weighted by atomic mass is 9.99. The highest BCUT2D eigenvalue weighted by Gasteiger charge is 2.58. The van der Waals surface area contributed by atoms with Crippen LogP contribution in [0.3, 0.4) is 0 Å². The van der Waals surface area contributed by atoms with Crippen LogP contribution in [0.2, 0.25) is 10.0 Å². The molecule has 3 nitrogen and oxygen atoms in total. The summed E-state index contributed by atoms with van der Waals surface area (Å²) in [5.41, 5.74) is -3.35. The van der Waals surface area contributed by atoms with Gasteiger partial charge in [0, 0.05) is 14.1 Å². The summed E-state index contributed by atoms with van der Waals surface area (Å²) in [5.74, 6) is -1.49. The molecular formula is C13H12Cl2F3NO2. The molecule has 1 unspecified atom stereocenters. The fourth-order valence-electron chi connectivity index (χ4n) is 1.46. The van der Waals surface area contributed by atoms with Gasteiger partial charge >= 0.3 is 6.18 Å². The number of amides is 1. The van der Waals surface area contributed by atoms with Crippen LogP contribution in [0.5, 0.6) is 0 Å². The normalized spacial score (nSPS) is 15.0. The maximum absolute atomic E-state index is 13.0. The van der Waals surface area contributed by atoms with Crippen molar-refractivity contribution in [3.05, 3.63) is 39.9 Å². The van der Waals surface area contributed by atoms with Gasteiger partial charge in [0.2, 0.25) is 0 Å². The summed E-state index contributed by atoms with van der Waals surface area (Å²) >= 11 is 11.4. The molecule has 116 valence electrons. The molecule has 1 amide bonds. The van der Waals surface area contributed by atoms with Gasteiger partial charge in [0.05, 0.1) is 10.0 Å². The number of alkyl halides is 3. The molecule has 0 aromatic heterocycles. The van der Waals surface area contributed by atoms with Gasteiger partial charge in [-0.05, 0) is 23.8 Å². The molecule has 0 fully saturated rings. The third-order valence-electron chi connectivity index (χ3n) is 2.63. The minimum absolute atomic E-state index is 0.147. The molecular weight excluding hydrogens is 330 g/mol. The molecule has 0 aliphatic heterocycles. The van der Waals surface area contributed by atoms with E-state index < -0.39 is 17.7 Å². The van der Waals surface area contributed by atoms with Gasteiger partial charge in [-0.25, -0.2) is 0 Å². The Morgan fingerprint density at radius 3 is 2.24 bits per heavy atom. The quantitative estimate of drug-likeness (QED) is 0.915. The molecule has 1 aromatic rings. The third-order valence-corrected chi connectivity index (χ3v) is 3.36. The molecule has 1 N–H and O–H groups in total. The highest BCUT2D eigenvalue weighted by molar-refractivity contribution is 6.42. The van der Waals surface area contributed by atoms with Gasteiger partial charge in [-0.3, -0.25) is 4.79 Å². The van der Waals surface area contributed by atoms with Crippen molar-refractivity contribution in [3.8, 4) is 0 Å². The van der Waals surface area contributed by atoms with Crippen molar-refractivity contribution in [2.24, 2.45) is 0 Å². The van der Waals surface area contributed by atoms with Gasteiger partial charge in [-0.1, -0.05) is 35.3 Å². The average molecular weight is 342 g/mol. The Bertz CT molecular complexity index is 573. The lowest BCUT2D eigenvalue weighted by Gasteiger charge is -2.28. The van der Waals surface area contributed by atoms with E-state index in [1.54, 1.807) is 0 Å². The summed E-state index contributed by atoms with van der Waals surface area (Å²) in [4.78, 5) is 12.3. The van der Waals surface area contributed by atoms with Crippen molar-refractivity contribution < 1.29 is 23.1 Å². The fraction of sp³-hybridized carbons (Fsp3) is 0.308. The monoisotopic (exact) mass is 341 g/mol. The van der Waals surface area contributed by atoms with E-state index in [1.807, 2.05) is 0 Å². The van der Waals surface area contributed by atoms with Crippen LogP contribution in [-0.4, -0.2) is 41.8 Å². The van der Waals surface area contributed by atoms with Crippen molar-refractivity contribution in [3.63, 3.8) is 0 Å². The minimum Gasteiger partial charge on any atom is -0.369 e. The second-order valence-corrected chi connectivity index (χ2v) is 5.28. The first kappa shape index (κ1) is 17.8. The Hall–Kier alpha value is -1.24. The predicted molar refractivity (Wildman–Crippen MR) is 75.2 cm³/mol. The number of hydrogen-bond acceptors (Lipinski definition) is 2. The number of carbonyl (C=O) groups is 1. The first-order valence-corrected chi connectivity index (χ1v) is 6.40. The van der Waals surface area contributed by atoms with E-state index in [1.165, 1.54) is 18.2 Å². The summed E-state index contributed by atoms with van der Waals surface area (Å²) in [6.07, 6.45) is -3.81. The lowest BCUT2D eigenvalue weighted by Crippen LogP contribution is -2.55. The lowest BCUT2D eigenvalue weighted by molar-refractivity contribution is -0.238. The molecule has 8 heteroatoms. The molecule has 1 atom stereocenters. The zero-order chi connectivity index (χ0) is 16.4. The second-order valence-electron chi connectivity index (χ2n) is 4.47. The molecule has 0 saturated heterocycles. The van der Waals surface area contributed by atoms with Crippen molar-refractivity contribution in [1.82, 2.24) is 4.90 Å².